The molecule has 7 nitrogen and oxygen atoms in total. The van der Waals surface area contributed by atoms with Crippen LogP contribution in [0.1, 0.15) is 50.7 Å². The predicted molar refractivity (Wildman–Crippen MR) is 122 cm³/mol. The van der Waals surface area contributed by atoms with Crippen molar-refractivity contribution < 1.29 is 9.47 Å². The highest BCUT2D eigenvalue weighted by Gasteiger charge is 2.34. The molecule has 1 saturated heterocycles. The van der Waals surface area contributed by atoms with Crippen LogP contribution in [0, 0.1) is 5.41 Å². The summed E-state index contributed by atoms with van der Waals surface area (Å²) in [6.45, 7) is 7.10. The van der Waals surface area contributed by atoms with Gasteiger partial charge in [-0.3, -0.25) is 9.67 Å². The molecule has 1 saturated carbocycles. The lowest BCUT2D eigenvalue weighted by molar-refractivity contribution is -0.00813. The van der Waals surface area contributed by atoms with Crippen molar-refractivity contribution in [3.63, 3.8) is 0 Å². The Bertz CT molecular complexity index is 615. The minimum atomic E-state index is 0. The van der Waals surface area contributed by atoms with Gasteiger partial charge in [-0.15, -0.1) is 24.0 Å². The van der Waals surface area contributed by atoms with E-state index in [0.717, 1.165) is 50.7 Å². The molecule has 1 aliphatic heterocycles. The van der Waals surface area contributed by atoms with Gasteiger partial charge in [0.1, 0.15) is 6.10 Å². The Morgan fingerprint density at radius 2 is 2.21 bits per heavy atom. The molecule has 1 atom stereocenters. The molecule has 1 unspecified atom stereocenters. The Morgan fingerprint density at radius 1 is 1.43 bits per heavy atom. The molecule has 2 heterocycles. The van der Waals surface area contributed by atoms with E-state index in [1.807, 2.05) is 24.1 Å². The summed E-state index contributed by atoms with van der Waals surface area (Å²) in [5.41, 5.74) is 1.44. The maximum atomic E-state index is 5.99. The summed E-state index contributed by atoms with van der Waals surface area (Å²) in [6, 6.07) is 0. The SMILES string of the molecule is CCNC(=NCC1(CCOC)CCCC1)N1CCOC(c2cnn(C)c2)C1.I. The van der Waals surface area contributed by atoms with Crippen LogP contribution < -0.4 is 5.32 Å². The minimum absolute atomic E-state index is 0. The number of hydrogen-bond acceptors (Lipinski definition) is 4. The Hall–Kier alpha value is -0.870. The summed E-state index contributed by atoms with van der Waals surface area (Å²) in [5, 5.41) is 7.78. The number of nitrogens with one attached hydrogen (secondary N) is 1. The zero-order chi connectivity index (χ0) is 19.1. The van der Waals surface area contributed by atoms with Gasteiger partial charge in [-0.2, -0.15) is 5.10 Å². The van der Waals surface area contributed by atoms with E-state index in [4.69, 9.17) is 14.5 Å². The quantitative estimate of drug-likeness (QED) is 0.351. The summed E-state index contributed by atoms with van der Waals surface area (Å²) in [4.78, 5) is 7.41. The van der Waals surface area contributed by atoms with Crippen LogP contribution in [-0.2, 0) is 16.5 Å². The van der Waals surface area contributed by atoms with E-state index in [-0.39, 0.29) is 30.1 Å². The van der Waals surface area contributed by atoms with Gasteiger partial charge in [-0.05, 0) is 31.6 Å². The summed E-state index contributed by atoms with van der Waals surface area (Å²) >= 11 is 0. The van der Waals surface area contributed by atoms with E-state index in [9.17, 15) is 0 Å². The van der Waals surface area contributed by atoms with Crippen molar-refractivity contribution in [2.45, 2.75) is 45.1 Å². The first kappa shape index (κ1) is 23.4. The van der Waals surface area contributed by atoms with Crippen LogP contribution >= 0.6 is 24.0 Å². The van der Waals surface area contributed by atoms with E-state index < -0.39 is 0 Å². The highest BCUT2D eigenvalue weighted by Crippen LogP contribution is 2.41. The Labute approximate surface area is 186 Å². The van der Waals surface area contributed by atoms with Crippen molar-refractivity contribution in [2.75, 3.05) is 46.5 Å². The van der Waals surface area contributed by atoms with Gasteiger partial charge < -0.3 is 19.7 Å². The van der Waals surface area contributed by atoms with Crippen LogP contribution in [0.5, 0.6) is 0 Å². The zero-order valence-electron chi connectivity index (χ0n) is 17.5. The lowest BCUT2D eigenvalue weighted by Gasteiger charge is -2.35. The molecule has 8 heteroatoms. The number of guanidine groups is 1. The van der Waals surface area contributed by atoms with Crippen LogP contribution in [0.2, 0.25) is 0 Å². The Morgan fingerprint density at radius 3 is 2.86 bits per heavy atom. The number of morpholine rings is 1. The zero-order valence-corrected chi connectivity index (χ0v) is 19.9. The van der Waals surface area contributed by atoms with Crippen LogP contribution in [0.4, 0.5) is 0 Å². The monoisotopic (exact) mass is 505 g/mol. The first-order chi connectivity index (χ1) is 13.2. The van der Waals surface area contributed by atoms with E-state index in [2.05, 4.69) is 22.2 Å². The van der Waals surface area contributed by atoms with Crippen LogP contribution in [0.15, 0.2) is 17.4 Å². The molecule has 1 N–H and O–H groups in total. The molecule has 0 radical (unpaired) electrons. The highest BCUT2D eigenvalue weighted by molar-refractivity contribution is 14.0. The summed E-state index contributed by atoms with van der Waals surface area (Å²) in [5.74, 6) is 1.01. The third-order valence-corrected chi connectivity index (χ3v) is 5.86. The smallest absolute Gasteiger partial charge is 0.194 e. The lowest BCUT2D eigenvalue weighted by Crippen LogP contribution is -2.48. The lowest BCUT2D eigenvalue weighted by atomic mass is 9.83. The molecule has 28 heavy (non-hydrogen) atoms. The van der Waals surface area contributed by atoms with Gasteiger partial charge in [0.2, 0.25) is 0 Å². The Balaban J connectivity index is 0.00000280. The number of rotatable bonds is 7. The number of hydrogen-bond donors (Lipinski definition) is 1. The molecule has 0 aromatic carbocycles. The van der Waals surface area contributed by atoms with Crippen molar-refractivity contribution in [3.8, 4) is 0 Å². The van der Waals surface area contributed by atoms with E-state index in [1.54, 1.807) is 7.11 Å². The van der Waals surface area contributed by atoms with E-state index in [1.165, 1.54) is 25.7 Å². The molecule has 1 aliphatic carbocycles. The first-order valence-electron chi connectivity index (χ1n) is 10.3. The van der Waals surface area contributed by atoms with Gasteiger partial charge in [0.25, 0.3) is 0 Å². The maximum Gasteiger partial charge on any atom is 0.194 e. The number of methoxy groups -OCH3 is 1. The van der Waals surface area contributed by atoms with E-state index in [0.29, 0.717) is 12.0 Å². The first-order valence-corrected chi connectivity index (χ1v) is 10.3. The number of aromatic nitrogens is 2. The molecule has 1 aromatic rings. The fourth-order valence-electron chi connectivity index (χ4n) is 4.25. The van der Waals surface area contributed by atoms with Crippen LogP contribution in [0.3, 0.4) is 0 Å². The number of ether oxygens (including phenoxy) is 2. The second-order valence-corrected chi connectivity index (χ2v) is 7.87. The molecule has 2 fully saturated rings. The summed E-state index contributed by atoms with van der Waals surface area (Å²) in [6.07, 6.45) is 10.2. The van der Waals surface area contributed by atoms with E-state index >= 15 is 0 Å². The predicted octanol–water partition coefficient (Wildman–Crippen LogP) is 2.97. The average molecular weight is 505 g/mol. The largest absolute Gasteiger partial charge is 0.385 e. The topological polar surface area (TPSA) is 63.9 Å². The number of aryl methyl sites for hydroxylation is 1. The average Bonchev–Trinajstić information content (AvgIpc) is 3.33. The van der Waals surface area contributed by atoms with Gasteiger partial charge in [0, 0.05) is 52.2 Å². The van der Waals surface area contributed by atoms with Crippen LogP contribution in [-0.4, -0.2) is 67.1 Å². The highest BCUT2D eigenvalue weighted by atomic mass is 127. The van der Waals surface area contributed by atoms with Crippen molar-refractivity contribution in [1.29, 1.82) is 0 Å². The number of halogens is 1. The van der Waals surface area contributed by atoms with Crippen molar-refractivity contribution in [3.05, 3.63) is 18.0 Å². The standard InChI is InChI=1S/C20H35N5O2.HI/c1-4-21-19(22-16-20(9-11-26-3)7-5-6-8-20)25-10-12-27-18(15-25)17-13-23-24(2)14-17;/h13-14,18H,4-12,15-16H2,1-3H3,(H,21,22);1H. The molecule has 1 aromatic heterocycles. The molecule has 0 amide bonds. The molecular formula is C20H36IN5O2. The van der Waals surface area contributed by atoms with Gasteiger partial charge >= 0.3 is 0 Å². The second-order valence-electron chi connectivity index (χ2n) is 7.87. The van der Waals surface area contributed by atoms with Crippen molar-refractivity contribution >= 4 is 29.9 Å². The van der Waals surface area contributed by atoms with Gasteiger partial charge in [-0.25, -0.2) is 0 Å². The number of aliphatic imine (C=N–C) groups is 1. The molecule has 0 bridgehead atoms. The normalized spacial score (nSPS) is 22.2. The van der Waals surface area contributed by atoms with Crippen molar-refractivity contribution in [1.82, 2.24) is 20.0 Å². The second kappa shape index (κ2) is 11.3. The van der Waals surface area contributed by atoms with Gasteiger partial charge in [-0.1, -0.05) is 12.8 Å². The molecular weight excluding hydrogens is 469 g/mol. The molecule has 0 spiro atoms. The summed E-state index contributed by atoms with van der Waals surface area (Å²) in [7, 11) is 3.74. The van der Waals surface area contributed by atoms with Crippen molar-refractivity contribution in [2.24, 2.45) is 17.5 Å². The molecule has 3 rings (SSSR count). The minimum Gasteiger partial charge on any atom is -0.385 e. The fourth-order valence-corrected chi connectivity index (χ4v) is 4.25. The van der Waals surface area contributed by atoms with Crippen LogP contribution in [0.25, 0.3) is 0 Å². The fraction of sp³-hybridized carbons (Fsp3) is 0.800. The maximum absolute atomic E-state index is 5.99. The van der Waals surface area contributed by atoms with Gasteiger partial charge in [0.05, 0.1) is 19.3 Å². The number of nitrogens with zero attached hydrogens (tertiary/aromatic N) is 4. The molecule has 2 aliphatic rings. The third kappa shape index (κ3) is 6.06. The third-order valence-electron chi connectivity index (χ3n) is 5.86. The summed E-state index contributed by atoms with van der Waals surface area (Å²) < 4.78 is 13.2. The Kier molecular flexibility index (Phi) is 9.49. The molecule has 160 valence electrons. The van der Waals surface area contributed by atoms with Gasteiger partial charge in [0.15, 0.2) is 5.96 Å².